The van der Waals surface area contributed by atoms with Crippen LogP contribution in [0.3, 0.4) is 0 Å². The highest BCUT2D eigenvalue weighted by Gasteiger charge is 2.22. The van der Waals surface area contributed by atoms with E-state index in [2.05, 4.69) is 21.2 Å². The quantitative estimate of drug-likeness (QED) is 0.742. The van der Waals surface area contributed by atoms with Crippen molar-refractivity contribution < 1.29 is 23.1 Å². The zero-order valence-electron chi connectivity index (χ0n) is 13.4. The Morgan fingerprint density at radius 3 is 2.52 bits per heavy atom. The maximum atomic E-state index is 13.2. The molecule has 0 aliphatic carbocycles. The van der Waals surface area contributed by atoms with Gasteiger partial charge in [0.05, 0.1) is 13.5 Å². The fourth-order valence-corrected chi connectivity index (χ4v) is 2.76. The first-order valence-electron chi connectivity index (χ1n) is 7.44. The summed E-state index contributed by atoms with van der Waals surface area (Å²) >= 11 is 3.34. The minimum atomic E-state index is -1.02. The van der Waals surface area contributed by atoms with Gasteiger partial charge in [-0.25, -0.2) is 13.6 Å². The highest BCUT2D eigenvalue weighted by molar-refractivity contribution is 9.10. The van der Waals surface area contributed by atoms with Crippen molar-refractivity contribution in [3.05, 3.63) is 69.7 Å². The average molecular weight is 412 g/mol. The number of ether oxygens (including phenoxy) is 1. The molecule has 0 fully saturated rings. The van der Waals surface area contributed by atoms with Gasteiger partial charge in [-0.15, -0.1) is 0 Å². The molecule has 0 aromatic heterocycles. The van der Waals surface area contributed by atoms with Crippen LogP contribution < -0.4 is 5.32 Å². The van der Waals surface area contributed by atoms with Crippen LogP contribution in [0.5, 0.6) is 0 Å². The van der Waals surface area contributed by atoms with Crippen LogP contribution in [0.2, 0.25) is 0 Å². The third-order valence-corrected chi connectivity index (χ3v) is 3.99. The second-order valence-electron chi connectivity index (χ2n) is 5.40. The Bertz CT molecular complexity index is 783. The lowest BCUT2D eigenvalue weighted by Crippen LogP contribution is -2.43. The number of benzene rings is 2. The van der Waals surface area contributed by atoms with E-state index in [0.717, 1.165) is 22.2 Å². The van der Waals surface area contributed by atoms with Crippen molar-refractivity contribution in [2.75, 3.05) is 7.11 Å². The van der Waals surface area contributed by atoms with E-state index >= 15 is 0 Å². The Morgan fingerprint density at radius 1 is 1.12 bits per heavy atom. The second-order valence-corrected chi connectivity index (χ2v) is 6.32. The molecule has 7 heteroatoms. The van der Waals surface area contributed by atoms with Crippen molar-refractivity contribution in [1.29, 1.82) is 0 Å². The van der Waals surface area contributed by atoms with E-state index in [1.807, 2.05) is 24.3 Å². The number of rotatable bonds is 6. The van der Waals surface area contributed by atoms with Crippen molar-refractivity contribution in [3.8, 4) is 0 Å². The van der Waals surface area contributed by atoms with Gasteiger partial charge in [0.25, 0.3) is 0 Å². The Labute approximate surface area is 152 Å². The summed E-state index contributed by atoms with van der Waals surface area (Å²) in [7, 11) is 1.23. The molecule has 132 valence electrons. The molecule has 0 heterocycles. The topological polar surface area (TPSA) is 55.4 Å². The van der Waals surface area contributed by atoms with Gasteiger partial charge >= 0.3 is 5.97 Å². The Balaban J connectivity index is 2.06. The number of hydrogen-bond donors (Lipinski definition) is 1. The lowest BCUT2D eigenvalue weighted by Gasteiger charge is -2.17. The zero-order chi connectivity index (χ0) is 18.4. The molecule has 0 radical (unpaired) electrons. The highest BCUT2D eigenvalue weighted by atomic mass is 79.9. The number of amides is 1. The van der Waals surface area contributed by atoms with E-state index in [1.165, 1.54) is 13.2 Å². The summed E-state index contributed by atoms with van der Waals surface area (Å²) in [5, 5.41) is 2.57. The van der Waals surface area contributed by atoms with Crippen molar-refractivity contribution in [3.63, 3.8) is 0 Å². The summed E-state index contributed by atoms with van der Waals surface area (Å²) in [6, 6.07) is 9.67. The van der Waals surface area contributed by atoms with E-state index in [4.69, 9.17) is 4.74 Å². The summed E-state index contributed by atoms with van der Waals surface area (Å²) < 4.78 is 31.7. The van der Waals surface area contributed by atoms with Crippen LogP contribution in [0.4, 0.5) is 8.78 Å². The summed E-state index contributed by atoms with van der Waals surface area (Å²) in [4.78, 5) is 24.1. The maximum absolute atomic E-state index is 13.2. The van der Waals surface area contributed by atoms with Gasteiger partial charge in [-0.3, -0.25) is 4.79 Å². The van der Waals surface area contributed by atoms with Gasteiger partial charge in [-0.05, 0) is 35.4 Å². The normalized spacial score (nSPS) is 11.7. The Kier molecular flexibility index (Phi) is 6.64. The third kappa shape index (κ3) is 5.63. The van der Waals surface area contributed by atoms with Crippen molar-refractivity contribution in [1.82, 2.24) is 5.32 Å². The number of hydrogen-bond acceptors (Lipinski definition) is 3. The smallest absolute Gasteiger partial charge is 0.328 e. The molecule has 25 heavy (non-hydrogen) atoms. The summed E-state index contributed by atoms with van der Waals surface area (Å²) in [6.07, 6.45) is 0.0683. The van der Waals surface area contributed by atoms with Crippen LogP contribution in [-0.2, 0) is 27.2 Å². The highest BCUT2D eigenvalue weighted by Crippen LogP contribution is 2.14. The first-order chi connectivity index (χ1) is 11.9. The molecular weight excluding hydrogens is 396 g/mol. The molecule has 0 spiro atoms. The predicted molar refractivity (Wildman–Crippen MR) is 91.9 cm³/mol. The maximum Gasteiger partial charge on any atom is 0.328 e. The fraction of sp³-hybridized carbons (Fsp3) is 0.222. The van der Waals surface area contributed by atoms with Crippen LogP contribution in [-0.4, -0.2) is 25.0 Å². The van der Waals surface area contributed by atoms with Crippen LogP contribution in [0.1, 0.15) is 11.1 Å². The summed E-state index contributed by atoms with van der Waals surface area (Å²) in [5.74, 6) is -3.08. The molecule has 0 bridgehead atoms. The number of methoxy groups -OCH3 is 1. The number of carbonyl (C=O) groups excluding carboxylic acids is 2. The molecule has 4 nitrogen and oxygen atoms in total. The Hall–Kier alpha value is -2.28. The standard InChI is InChI=1S/C18H16BrF2NO3/c1-25-18(24)16(9-11-3-2-4-13(19)7-11)22-17(23)10-12-5-6-14(20)15(21)8-12/h2-8,16H,9-10H2,1H3,(H,22,23)/t16-/m0/s1. The minimum Gasteiger partial charge on any atom is -0.467 e. The Morgan fingerprint density at radius 2 is 1.88 bits per heavy atom. The lowest BCUT2D eigenvalue weighted by atomic mass is 10.1. The van der Waals surface area contributed by atoms with Gasteiger partial charge < -0.3 is 10.1 Å². The van der Waals surface area contributed by atoms with Crippen LogP contribution >= 0.6 is 15.9 Å². The minimum absolute atomic E-state index is 0.177. The van der Waals surface area contributed by atoms with E-state index < -0.39 is 29.6 Å². The summed E-state index contributed by atoms with van der Waals surface area (Å²) in [6.45, 7) is 0. The first kappa shape index (κ1) is 19.1. The predicted octanol–water partition coefficient (Wildman–Crippen LogP) is 3.17. The van der Waals surface area contributed by atoms with Crippen LogP contribution in [0.15, 0.2) is 46.9 Å². The molecule has 2 aromatic carbocycles. The molecular formula is C18H16BrF2NO3. The number of halogens is 3. The SMILES string of the molecule is COC(=O)[C@H](Cc1cccc(Br)c1)NC(=O)Cc1ccc(F)c(F)c1. The van der Waals surface area contributed by atoms with Gasteiger partial charge in [-0.1, -0.05) is 34.1 Å². The number of esters is 1. The molecule has 1 atom stereocenters. The van der Waals surface area contributed by atoms with Crippen molar-refractivity contribution in [2.24, 2.45) is 0 Å². The molecule has 2 rings (SSSR count). The molecule has 1 amide bonds. The van der Waals surface area contributed by atoms with Gasteiger partial charge in [0.1, 0.15) is 6.04 Å². The summed E-state index contributed by atoms with van der Waals surface area (Å²) in [5.41, 5.74) is 1.14. The lowest BCUT2D eigenvalue weighted by molar-refractivity contribution is -0.145. The second kappa shape index (κ2) is 8.71. The van der Waals surface area contributed by atoms with Gasteiger partial charge in [0, 0.05) is 10.9 Å². The van der Waals surface area contributed by atoms with Crippen molar-refractivity contribution >= 4 is 27.8 Å². The van der Waals surface area contributed by atoms with Gasteiger partial charge in [0.2, 0.25) is 5.91 Å². The van der Waals surface area contributed by atoms with Crippen LogP contribution in [0, 0.1) is 11.6 Å². The number of nitrogens with one attached hydrogen (secondary N) is 1. The molecule has 0 aliphatic heterocycles. The van der Waals surface area contributed by atoms with E-state index in [-0.39, 0.29) is 12.8 Å². The van der Waals surface area contributed by atoms with Gasteiger partial charge in [0.15, 0.2) is 11.6 Å². The third-order valence-electron chi connectivity index (χ3n) is 3.50. The molecule has 0 unspecified atom stereocenters. The average Bonchev–Trinajstić information content (AvgIpc) is 2.57. The van der Waals surface area contributed by atoms with Gasteiger partial charge in [-0.2, -0.15) is 0 Å². The fourth-order valence-electron chi connectivity index (χ4n) is 2.32. The molecule has 0 aliphatic rings. The molecule has 2 aromatic rings. The largest absolute Gasteiger partial charge is 0.467 e. The molecule has 0 saturated heterocycles. The van der Waals surface area contributed by atoms with E-state index in [0.29, 0.717) is 5.56 Å². The van der Waals surface area contributed by atoms with Crippen LogP contribution in [0.25, 0.3) is 0 Å². The number of carbonyl (C=O) groups is 2. The zero-order valence-corrected chi connectivity index (χ0v) is 15.0. The van der Waals surface area contributed by atoms with E-state index in [9.17, 15) is 18.4 Å². The van der Waals surface area contributed by atoms with E-state index in [1.54, 1.807) is 0 Å². The first-order valence-corrected chi connectivity index (χ1v) is 8.24. The molecule has 0 saturated carbocycles. The monoisotopic (exact) mass is 411 g/mol. The molecule has 1 N–H and O–H groups in total. The van der Waals surface area contributed by atoms with Crippen molar-refractivity contribution in [2.45, 2.75) is 18.9 Å².